The van der Waals surface area contributed by atoms with E-state index in [0.717, 1.165) is 25.7 Å². The molecule has 0 aromatic rings. The molecule has 0 aliphatic heterocycles. The standard InChI is InChI=1S/C45H82O3Si3/c1-19-45(20-2,48-49(12,13)14)31-22-21-24-34(3)39-28-29-40-36(25-23-30-44(39,40)11)26-27-37-32-38(46-50(15,16)42(5,6)7)33-41(35(37)4)47-51(17,18)43(8,9)10/h21-22,24,26-27,31,34,38-41H,4,19-20,23,25,28-30,32-33H2,1-3,5-18H3/b24-21+,31-22+,36-26+,37-27-/t34-,38-,39-,40+,41+,44-/m1/s1. The number of fused-ring (bicyclic) bond motifs is 1. The van der Waals surface area contributed by atoms with Crippen molar-refractivity contribution in [3.8, 4) is 0 Å². The van der Waals surface area contributed by atoms with Crippen molar-refractivity contribution in [1.82, 2.24) is 0 Å². The third kappa shape index (κ3) is 10.9. The summed E-state index contributed by atoms with van der Waals surface area (Å²) in [6.07, 6.45) is 24.9. The number of rotatable bonds is 13. The van der Waals surface area contributed by atoms with Crippen molar-refractivity contribution in [1.29, 1.82) is 0 Å². The van der Waals surface area contributed by atoms with Gasteiger partial charge in [0.1, 0.15) is 0 Å². The summed E-state index contributed by atoms with van der Waals surface area (Å²) in [6.45, 7) is 44.8. The van der Waals surface area contributed by atoms with Gasteiger partial charge in [0.25, 0.3) is 0 Å². The number of allylic oxidation sites excluding steroid dienone is 6. The largest absolute Gasteiger partial charge is 0.413 e. The topological polar surface area (TPSA) is 27.7 Å². The molecule has 0 saturated heterocycles. The first-order chi connectivity index (χ1) is 23.2. The minimum atomic E-state index is -1.99. The van der Waals surface area contributed by atoms with Gasteiger partial charge >= 0.3 is 0 Å². The molecule has 3 rings (SSSR count). The maximum Gasteiger partial charge on any atom is 0.192 e. The fourth-order valence-electron chi connectivity index (χ4n) is 8.79. The lowest BCUT2D eigenvalue weighted by molar-refractivity contribution is 0.0969. The van der Waals surface area contributed by atoms with E-state index in [9.17, 15) is 0 Å². The van der Waals surface area contributed by atoms with Gasteiger partial charge in [-0.2, -0.15) is 0 Å². The molecular weight excluding hydrogens is 673 g/mol. The number of hydrogen-bond donors (Lipinski definition) is 0. The molecule has 3 aliphatic carbocycles. The van der Waals surface area contributed by atoms with Gasteiger partial charge in [-0.15, -0.1) is 0 Å². The lowest BCUT2D eigenvalue weighted by atomic mass is 9.61. The van der Waals surface area contributed by atoms with Crippen LogP contribution in [0.5, 0.6) is 0 Å². The molecule has 0 aromatic heterocycles. The maximum absolute atomic E-state index is 7.12. The molecule has 0 unspecified atom stereocenters. The minimum Gasteiger partial charge on any atom is -0.413 e. The highest BCUT2D eigenvalue weighted by Crippen LogP contribution is 2.59. The van der Waals surface area contributed by atoms with Gasteiger partial charge in [-0.25, -0.2) is 0 Å². The summed E-state index contributed by atoms with van der Waals surface area (Å²) >= 11 is 0. The summed E-state index contributed by atoms with van der Waals surface area (Å²) < 4.78 is 20.9. The Balaban J connectivity index is 1.86. The Morgan fingerprint density at radius 3 is 2.00 bits per heavy atom. The van der Waals surface area contributed by atoms with Gasteiger partial charge in [-0.05, 0) is 142 Å². The van der Waals surface area contributed by atoms with Crippen molar-refractivity contribution < 1.29 is 13.3 Å². The van der Waals surface area contributed by atoms with E-state index in [0.29, 0.717) is 23.2 Å². The first kappa shape index (κ1) is 44.6. The molecule has 6 atom stereocenters. The second-order valence-electron chi connectivity index (χ2n) is 21.0. The SMILES string of the molecule is C=C1/C(=C\C=C2/CCC[C@]3(C)[C@@H]([C@H](C)/C=C/C=C/C(CC)(CC)O[Si](C)(C)C)CC[C@@H]23)C[C@@H](O[Si](C)(C)C(C)(C)C)C[C@@H]1O[Si](C)(C)C(C)(C)C. The van der Waals surface area contributed by atoms with Crippen LogP contribution in [0.15, 0.2) is 59.8 Å². The zero-order chi connectivity index (χ0) is 38.8. The highest BCUT2D eigenvalue weighted by Gasteiger charge is 2.50. The molecule has 0 heterocycles. The fourth-order valence-corrected chi connectivity index (χ4v) is 13.0. The highest BCUT2D eigenvalue weighted by molar-refractivity contribution is 6.74. The number of hydrogen-bond acceptors (Lipinski definition) is 3. The van der Waals surface area contributed by atoms with E-state index in [4.69, 9.17) is 19.9 Å². The summed E-state index contributed by atoms with van der Waals surface area (Å²) in [5.41, 5.74) is 4.40. The van der Waals surface area contributed by atoms with Crippen molar-refractivity contribution in [2.75, 3.05) is 0 Å². The van der Waals surface area contributed by atoms with E-state index in [1.54, 1.807) is 5.57 Å². The average molecular weight is 755 g/mol. The quantitative estimate of drug-likeness (QED) is 0.138. The van der Waals surface area contributed by atoms with Gasteiger partial charge in [0.15, 0.2) is 25.0 Å². The molecule has 3 saturated carbocycles. The van der Waals surface area contributed by atoms with E-state index in [-0.39, 0.29) is 27.9 Å². The van der Waals surface area contributed by atoms with Crippen molar-refractivity contribution in [2.24, 2.45) is 23.2 Å². The van der Waals surface area contributed by atoms with Crippen molar-refractivity contribution in [3.05, 3.63) is 59.8 Å². The Labute approximate surface area is 320 Å². The Hall–Kier alpha value is -0.769. The molecule has 0 bridgehead atoms. The van der Waals surface area contributed by atoms with Crippen molar-refractivity contribution >= 4 is 25.0 Å². The molecule has 3 nitrogen and oxygen atoms in total. The molecule has 0 aromatic carbocycles. The van der Waals surface area contributed by atoms with Gasteiger partial charge in [-0.3, -0.25) is 0 Å². The Kier molecular flexibility index (Phi) is 14.5. The summed E-state index contributed by atoms with van der Waals surface area (Å²) in [5.74, 6) is 1.92. The van der Waals surface area contributed by atoms with Crippen LogP contribution in [0, 0.1) is 23.2 Å². The molecule has 292 valence electrons. The van der Waals surface area contributed by atoms with Crippen molar-refractivity contribution in [2.45, 2.75) is 201 Å². The molecule has 0 radical (unpaired) electrons. The molecular formula is C45H82O3Si3. The van der Waals surface area contributed by atoms with Crippen molar-refractivity contribution in [3.63, 3.8) is 0 Å². The summed E-state index contributed by atoms with van der Waals surface area (Å²) in [7, 11) is -5.56. The Morgan fingerprint density at radius 2 is 1.45 bits per heavy atom. The molecule has 51 heavy (non-hydrogen) atoms. The molecule has 3 aliphatic rings. The first-order valence-corrected chi connectivity index (χ1v) is 29.9. The van der Waals surface area contributed by atoms with Gasteiger partial charge in [0, 0.05) is 6.42 Å². The molecule has 0 spiro atoms. The minimum absolute atomic E-state index is 0.0233. The fraction of sp³-hybridized carbons (Fsp3) is 0.778. The third-order valence-corrected chi connectivity index (χ3v) is 24.1. The van der Waals surface area contributed by atoms with Crippen LogP contribution in [0.1, 0.15) is 127 Å². The Bertz CT molecular complexity index is 1310. The van der Waals surface area contributed by atoms with Crippen LogP contribution in [-0.2, 0) is 13.3 Å². The normalized spacial score (nSPS) is 29.9. The molecule has 0 N–H and O–H groups in total. The van der Waals surface area contributed by atoms with E-state index in [1.807, 2.05) is 0 Å². The second-order valence-corrected chi connectivity index (χ2v) is 34.9. The first-order valence-electron chi connectivity index (χ1n) is 20.7. The lowest BCUT2D eigenvalue weighted by Gasteiger charge is -2.45. The summed E-state index contributed by atoms with van der Waals surface area (Å²) in [5, 5.41) is 0.327. The van der Waals surface area contributed by atoms with E-state index in [1.165, 1.54) is 43.3 Å². The molecule has 6 heteroatoms. The van der Waals surface area contributed by atoms with Crippen LogP contribution in [0.25, 0.3) is 0 Å². The smallest absolute Gasteiger partial charge is 0.192 e. The molecule has 0 amide bonds. The van der Waals surface area contributed by atoms with Gasteiger partial charge < -0.3 is 13.3 Å². The van der Waals surface area contributed by atoms with Gasteiger partial charge in [0.2, 0.25) is 0 Å². The predicted octanol–water partition coefficient (Wildman–Crippen LogP) is 14.3. The van der Waals surface area contributed by atoms with E-state index in [2.05, 4.69) is 152 Å². The van der Waals surface area contributed by atoms with Crippen LogP contribution in [-0.4, -0.2) is 42.8 Å². The summed E-state index contributed by atoms with van der Waals surface area (Å²) in [6, 6.07) is 0. The zero-order valence-corrected chi connectivity index (χ0v) is 39.6. The third-order valence-electron chi connectivity index (χ3n) is 14.0. The van der Waals surface area contributed by atoms with Crippen LogP contribution in [0.4, 0.5) is 0 Å². The highest BCUT2D eigenvalue weighted by atomic mass is 28.4. The predicted molar refractivity (Wildman–Crippen MR) is 232 cm³/mol. The van der Waals surface area contributed by atoms with E-state index < -0.39 is 25.0 Å². The van der Waals surface area contributed by atoms with Crippen LogP contribution < -0.4 is 0 Å². The average Bonchev–Trinajstić information content (AvgIpc) is 3.35. The lowest BCUT2D eigenvalue weighted by Crippen LogP contribution is -2.49. The Morgan fingerprint density at radius 1 is 0.863 bits per heavy atom. The van der Waals surface area contributed by atoms with E-state index >= 15 is 0 Å². The maximum atomic E-state index is 7.12. The summed E-state index contributed by atoms with van der Waals surface area (Å²) in [4.78, 5) is 0. The van der Waals surface area contributed by atoms with Crippen LogP contribution in [0.2, 0.25) is 55.9 Å². The monoisotopic (exact) mass is 755 g/mol. The van der Waals surface area contributed by atoms with Gasteiger partial charge in [-0.1, -0.05) is 118 Å². The zero-order valence-electron chi connectivity index (χ0n) is 36.6. The van der Waals surface area contributed by atoms with Crippen LogP contribution >= 0.6 is 0 Å². The molecule has 3 fully saturated rings. The van der Waals surface area contributed by atoms with Gasteiger partial charge in [0.05, 0.1) is 17.8 Å². The van der Waals surface area contributed by atoms with Crippen LogP contribution in [0.3, 0.4) is 0 Å². The second kappa shape index (κ2) is 16.5.